The van der Waals surface area contributed by atoms with Crippen molar-refractivity contribution in [1.82, 2.24) is 35.0 Å². The molecule has 10 rings (SSSR count). The zero-order chi connectivity index (χ0) is 42.6. The smallest absolute Gasteiger partial charge is 0.329 e. The number of nitrogens with two attached hydrogens (primary N) is 1. The first kappa shape index (κ1) is 41.1. The van der Waals surface area contributed by atoms with Crippen LogP contribution in [0.4, 0.5) is 17.1 Å². The fraction of sp³-hybridized carbons (Fsp3) is 0.106. The quantitative estimate of drug-likeness (QED) is 0.0646. The molecule has 0 bridgehead atoms. The van der Waals surface area contributed by atoms with Gasteiger partial charge < -0.3 is 5.09 Å². The van der Waals surface area contributed by atoms with Gasteiger partial charge in [-0.3, -0.25) is 22.4 Å². The van der Waals surface area contributed by atoms with Gasteiger partial charge in [0.1, 0.15) is 12.7 Å². The Morgan fingerprint density at radius 3 is 1.62 bits per heavy atom. The van der Waals surface area contributed by atoms with Crippen molar-refractivity contribution in [2.45, 2.75) is 19.4 Å². The van der Waals surface area contributed by atoms with E-state index in [-0.39, 0.29) is 6.04 Å². The minimum absolute atomic E-state index is 0.0359. The number of nitrogens with zero attached hydrogens (tertiary/aromatic N) is 8. The average Bonchev–Trinajstić information content (AvgIpc) is 4.17. The van der Waals surface area contributed by atoms with Crippen molar-refractivity contribution < 1.29 is 5.09 Å². The van der Waals surface area contributed by atoms with Crippen LogP contribution in [0.3, 0.4) is 0 Å². The third kappa shape index (κ3) is 8.46. The van der Waals surface area contributed by atoms with Gasteiger partial charge in [-0.05, 0) is 116 Å². The molecule has 0 spiro atoms. The second-order valence-corrected chi connectivity index (χ2v) is 24.0. The van der Waals surface area contributed by atoms with Gasteiger partial charge in [-0.1, -0.05) is 24.3 Å². The molecule has 12 nitrogen and oxygen atoms in total. The van der Waals surface area contributed by atoms with Crippen LogP contribution in [0.15, 0.2) is 220 Å². The summed E-state index contributed by atoms with van der Waals surface area (Å²) in [6.07, 6.45) is 36.0. The van der Waals surface area contributed by atoms with E-state index >= 15 is 0 Å². The standard InChI is InChI=1S/C47H51N12P4/c1-41(48-60(52-25-3-4-26-52)53-27-5-6-28-53)42-21-19-22-43(49-61(54-29-7-8-30-54)55-31-9-10-32-55)46(42)47-44(50-62(56-33-11-12-34-56)57-35-13-14-36-57)23-20-24-45(47)51-63(2,58-37-15-16-38-58)59-39-17-18-40-59/h3-13,15-35,37-41,48-51H,14,36H2,1-2H3/q+1/p+2. The van der Waals surface area contributed by atoms with Gasteiger partial charge >= 0.3 is 8.37 Å². The maximum Gasteiger partial charge on any atom is 0.335 e. The molecule has 0 saturated heterocycles. The monoisotopic (exact) mass is 909 g/mol. The maximum absolute atomic E-state index is 4.26. The Morgan fingerprint density at radius 1 is 0.571 bits per heavy atom. The Morgan fingerprint density at radius 2 is 1.06 bits per heavy atom. The highest BCUT2D eigenvalue weighted by Crippen LogP contribution is 2.60. The molecular weight excluding hydrogens is 856 g/mol. The lowest BCUT2D eigenvalue weighted by molar-refractivity contribution is -0.545. The molecule has 8 heterocycles. The zero-order valence-electron chi connectivity index (χ0n) is 35.3. The molecule has 63 heavy (non-hydrogen) atoms. The molecule has 5 N–H and O–H groups in total. The molecule has 7 aromatic heterocycles. The highest BCUT2D eigenvalue weighted by atomic mass is 31.2. The third-order valence-corrected chi connectivity index (χ3v) is 20.6. The van der Waals surface area contributed by atoms with E-state index in [4.69, 9.17) is 0 Å². The van der Waals surface area contributed by atoms with Crippen LogP contribution in [0.2, 0.25) is 0 Å². The Kier molecular flexibility index (Phi) is 12.0. The summed E-state index contributed by atoms with van der Waals surface area (Å²) in [4.78, 5) is 0. The Balaban J connectivity index is 1.20. The summed E-state index contributed by atoms with van der Waals surface area (Å²) in [5.41, 5.74) is 6.70. The SMILES string of the molecule is CC([NH2+]P(n1cccc1)n1cccc1)c1cccc(NP(n2cccc2)n2cccc2)c1-c1c(N[PH+](N2C=CCC2)n2cccc2)cccc1N[P+](C)(n1cccc1)n1cccc1. The van der Waals surface area contributed by atoms with E-state index in [0.29, 0.717) is 0 Å². The summed E-state index contributed by atoms with van der Waals surface area (Å²) in [6.45, 7) is 5.67. The number of rotatable bonds is 18. The van der Waals surface area contributed by atoms with Crippen LogP contribution in [-0.2, 0) is 0 Å². The second kappa shape index (κ2) is 18.4. The molecule has 0 radical (unpaired) electrons. The van der Waals surface area contributed by atoms with Crippen LogP contribution >= 0.6 is 32.8 Å². The minimum atomic E-state index is -2.32. The van der Waals surface area contributed by atoms with Crippen LogP contribution in [-0.4, -0.2) is 48.2 Å². The molecule has 0 aliphatic carbocycles. The molecule has 16 heteroatoms. The van der Waals surface area contributed by atoms with Gasteiger partial charge in [0.05, 0.1) is 17.9 Å². The fourth-order valence-corrected chi connectivity index (χ4v) is 16.4. The Hall–Kier alpha value is -5.98. The molecule has 0 saturated carbocycles. The summed E-state index contributed by atoms with van der Waals surface area (Å²) in [6, 6.07) is 43.2. The normalized spacial score (nSPS) is 13.9. The van der Waals surface area contributed by atoms with E-state index in [1.807, 2.05) is 0 Å². The van der Waals surface area contributed by atoms with E-state index < -0.39 is 32.8 Å². The maximum atomic E-state index is 4.26. The lowest BCUT2D eigenvalue weighted by atomic mass is 9.92. The van der Waals surface area contributed by atoms with Crippen molar-refractivity contribution in [2.24, 2.45) is 0 Å². The van der Waals surface area contributed by atoms with Crippen molar-refractivity contribution in [2.75, 3.05) is 28.5 Å². The van der Waals surface area contributed by atoms with Crippen molar-refractivity contribution in [3.63, 3.8) is 0 Å². The van der Waals surface area contributed by atoms with Crippen molar-refractivity contribution in [3.8, 4) is 11.1 Å². The molecule has 0 fully saturated rings. The topological polar surface area (TPSA) is 90.5 Å². The van der Waals surface area contributed by atoms with Gasteiger partial charge in [0.2, 0.25) is 8.37 Å². The van der Waals surface area contributed by atoms with Gasteiger partial charge in [-0.25, -0.2) is 14.8 Å². The first-order valence-corrected chi connectivity index (χ1v) is 27.3. The lowest BCUT2D eigenvalue weighted by Gasteiger charge is -2.30. The summed E-state index contributed by atoms with van der Waals surface area (Å²) in [7, 11) is -5.88. The predicted molar refractivity (Wildman–Crippen MR) is 267 cm³/mol. The number of anilines is 3. The number of quaternary nitrogens is 1. The molecule has 1 aliphatic rings. The van der Waals surface area contributed by atoms with Crippen LogP contribution in [0.5, 0.6) is 0 Å². The molecule has 1 aliphatic heterocycles. The molecule has 318 valence electrons. The highest BCUT2D eigenvalue weighted by Gasteiger charge is 2.39. The number of nitrogens with one attached hydrogen (secondary N) is 3. The summed E-state index contributed by atoms with van der Waals surface area (Å²) in [5.74, 6) is 0. The van der Waals surface area contributed by atoms with Crippen molar-refractivity contribution >= 4 is 49.9 Å². The number of aromatic nitrogens is 7. The molecule has 2 unspecified atom stereocenters. The van der Waals surface area contributed by atoms with E-state index in [0.717, 1.165) is 41.2 Å². The van der Waals surface area contributed by atoms with Crippen LogP contribution in [0.1, 0.15) is 24.9 Å². The summed E-state index contributed by atoms with van der Waals surface area (Å²) >= 11 is 0. The second-order valence-electron chi connectivity index (χ2n) is 15.5. The molecule has 9 aromatic rings. The number of hydrogen-bond acceptors (Lipinski definition) is 4. The fourth-order valence-electron chi connectivity index (χ4n) is 8.24. The van der Waals surface area contributed by atoms with Crippen LogP contribution in [0.25, 0.3) is 11.1 Å². The number of hydrogen-bond donors (Lipinski definition) is 4. The van der Waals surface area contributed by atoms with E-state index in [1.165, 1.54) is 5.56 Å². The van der Waals surface area contributed by atoms with E-state index in [1.54, 1.807) is 0 Å². The van der Waals surface area contributed by atoms with Crippen molar-refractivity contribution in [3.05, 3.63) is 226 Å². The first-order chi connectivity index (χ1) is 31.0. The van der Waals surface area contributed by atoms with Crippen LogP contribution in [0, 0.1) is 0 Å². The Labute approximate surface area is 373 Å². The van der Waals surface area contributed by atoms with Crippen molar-refractivity contribution in [1.29, 1.82) is 0 Å². The van der Waals surface area contributed by atoms with Gasteiger partial charge in [0, 0.05) is 115 Å². The Bertz CT molecular complexity index is 2700. The molecular formula is C47H53N12P4+3. The van der Waals surface area contributed by atoms with E-state index in [9.17, 15) is 0 Å². The predicted octanol–water partition coefficient (Wildman–Crippen LogP) is 11.7. The van der Waals surface area contributed by atoms with E-state index in [2.05, 4.69) is 289 Å². The number of benzene rings is 2. The van der Waals surface area contributed by atoms with Gasteiger partial charge in [0.15, 0.2) is 0 Å². The molecule has 0 amide bonds. The van der Waals surface area contributed by atoms with Gasteiger partial charge in [-0.2, -0.15) is 13.0 Å². The summed E-state index contributed by atoms with van der Waals surface area (Å²) in [5, 5.41) is 15.2. The van der Waals surface area contributed by atoms with Gasteiger partial charge in [-0.15, -0.1) is 0 Å². The molecule has 2 atom stereocenters. The summed E-state index contributed by atoms with van der Waals surface area (Å²) < 4.78 is 18.8. The third-order valence-electron chi connectivity index (χ3n) is 11.3. The first-order valence-electron chi connectivity index (χ1n) is 21.2. The zero-order valence-corrected chi connectivity index (χ0v) is 39.0. The lowest BCUT2D eigenvalue weighted by Crippen LogP contribution is -2.79. The van der Waals surface area contributed by atoms with Gasteiger partial charge in [0.25, 0.3) is 16.1 Å². The highest BCUT2D eigenvalue weighted by molar-refractivity contribution is 7.73. The average molecular weight is 910 g/mol. The minimum Gasteiger partial charge on any atom is -0.329 e. The molecule has 2 aromatic carbocycles. The largest absolute Gasteiger partial charge is 0.335 e. The van der Waals surface area contributed by atoms with Crippen LogP contribution < -0.4 is 20.3 Å².